The van der Waals surface area contributed by atoms with Crippen molar-refractivity contribution < 1.29 is 4.79 Å². The van der Waals surface area contributed by atoms with E-state index in [2.05, 4.69) is 5.32 Å². The Balaban J connectivity index is 1.94. The molecule has 0 aromatic heterocycles. The molecule has 1 fully saturated rings. The molecule has 17 heavy (non-hydrogen) atoms. The Labute approximate surface area is 105 Å². The number of amides is 1. The predicted molar refractivity (Wildman–Crippen MR) is 73.0 cm³/mol. The average Bonchev–Trinajstić information content (AvgIpc) is 2.77. The van der Waals surface area contributed by atoms with Crippen LogP contribution in [-0.4, -0.2) is 24.0 Å². The summed E-state index contributed by atoms with van der Waals surface area (Å²) in [6.45, 7) is 0.737. The molecular weight excluding hydrogens is 234 g/mol. The molecule has 0 bridgehead atoms. The Hall–Kier alpha value is -1.36. The smallest absolute Gasteiger partial charge is 0.251 e. The highest BCUT2D eigenvalue weighted by Crippen LogP contribution is 2.22. The van der Waals surface area contributed by atoms with Crippen LogP contribution in [0.5, 0.6) is 0 Å². The lowest BCUT2D eigenvalue weighted by Crippen LogP contribution is -2.29. The quantitative estimate of drug-likeness (QED) is 0.708. The maximum Gasteiger partial charge on any atom is 0.251 e. The summed E-state index contributed by atoms with van der Waals surface area (Å²) >= 11 is 1.94. The molecule has 2 rings (SSSR count). The maximum atomic E-state index is 11.9. The van der Waals surface area contributed by atoms with Crippen LogP contribution in [0.25, 0.3) is 0 Å². The van der Waals surface area contributed by atoms with Crippen LogP contribution in [0.2, 0.25) is 0 Å². The Morgan fingerprint density at radius 1 is 1.35 bits per heavy atom. The van der Waals surface area contributed by atoms with Crippen molar-refractivity contribution >= 4 is 29.0 Å². The third kappa shape index (κ3) is 3.30. The molecule has 1 unspecified atom stereocenters. The minimum atomic E-state index is -0.0964. The maximum absolute atomic E-state index is 11.9. The number of anilines is 2. The van der Waals surface area contributed by atoms with Gasteiger partial charge in [-0.2, -0.15) is 11.8 Å². The molecule has 1 atom stereocenters. The molecule has 0 aliphatic carbocycles. The van der Waals surface area contributed by atoms with E-state index in [0.29, 0.717) is 22.9 Å². The van der Waals surface area contributed by atoms with Crippen molar-refractivity contribution in [3.63, 3.8) is 0 Å². The Morgan fingerprint density at radius 3 is 2.65 bits per heavy atom. The van der Waals surface area contributed by atoms with Crippen molar-refractivity contribution in [3.05, 3.63) is 23.8 Å². The van der Waals surface area contributed by atoms with Gasteiger partial charge < -0.3 is 16.8 Å². The lowest BCUT2D eigenvalue weighted by Gasteiger charge is -2.10. The first-order valence-corrected chi connectivity index (χ1v) is 6.82. The van der Waals surface area contributed by atoms with Gasteiger partial charge in [0.15, 0.2) is 0 Å². The molecule has 1 aliphatic heterocycles. The van der Waals surface area contributed by atoms with Crippen LogP contribution >= 0.6 is 11.8 Å². The fourth-order valence-electron chi connectivity index (χ4n) is 1.89. The number of thioether (sulfide) groups is 1. The number of benzene rings is 1. The van der Waals surface area contributed by atoms with Gasteiger partial charge in [0.25, 0.3) is 5.91 Å². The first-order valence-electron chi connectivity index (χ1n) is 5.67. The zero-order chi connectivity index (χ0) is 12.3. The second-order valence-corrected chi connectivity index (χ2v) is 5.48. The standard InChI is InChI=1S/C12H17N3OS/c13-10-3-9(4-11(14)5-10)12(16)15-6-8-1-2-17-7-8/h3-5,8H,1-2,6-7,13-14H2,(H,15,16). The van der Waals surface area contributed by atoms with Crippen LogP contribution in [0.1, 0.15) is 16.8 Å². The van der Waals surface area contributed by atoms with Gasteiger partial charge >= 0.3 is 0 Å². The molecule has 1 saturated heterocycles. The van der Waals surface area contributed by atoms with Gasteiger partial charge in [-0.25, -0.2) is 0 Å². The zero-order valence-electron chi connectivity index (χ0n) is 9.61. The second kappa shape index (κ2) is 5.31. The molecule has 0 radical (unpaired) electrons. The first-order chi connectivity index (χ1) is 8.15. The first kappa shape index (κ1) is 12.1. The highest BCUT2D eigenvalue weighted by atomic mass is 32.2. The Morgan fingerprint density at radius 2 is 2.06 bits per heavy atom. The molecule has 1 amide bonds. The lowest BCUT2D eigenvalue weighted by atomic mass is 10.1. The fraction of sp³-hybridized carbons (Fsp3) is 0.417. The van der Waals surface area contributed by atoms with Crippen molar-refractivity contribution in [1.29, 1.82) is 0 Å². The van der Waals surface area contributed by atoms with E-state index in [1.165, 1.54) is 12.2 Å². The SMILES string of the molecule is Nc1cc(N)cc(C(=O)NCC2CCSC2)c1. The van der Waals surface area contributed by atoms with Crippen LogP contribution < -0.4 is 16.8 Å². The highest BCUT2D eigenvalue weighted by molar-refractivity contribution is 7.99. The number of hydrogen-bond acceptors (Lipinski definition) is 4. The number of hydrogen-bond donors (Lipinski definition) is 3. The molecule has 1 aromatic carbocycles. The summed E-state index contributed by atoms with van der Waals surface area (Å²) in [5.74, 6) is 2.84. The van der Waals surface area contributed by atoms with Crippen LogP contribution in [-0.2, 0) is 0 Å². The van der Waals surface area contributed by atoms with Gasteiger partial charge in [-0.3, -0.25) is 4.79 Å². The van der Waals surface area contributed by atoms with Crippen LogP contribution in [0.15, 0.2) is 18.2 Å². The molecule has 0 spiro atoms. The van der Waals surface area contributed by atoms with Gasteiger partial charge in [-0.05, 0) is 42.0 Å². The van der Waals surface area contributed by atoms with Crippen molar-refractivity contribution in [3.8, 4) is 0 Å². The Bertz CT molecular complexity index is 396. The van der Waals surface area contributed by atoms with E-state index in [1.54, 1.807) is 18.2 Å². The van der Waals surface area contributed by atoms with Gasteiger partial charge in [-0.1, -0.05) is 0 Å². The van der Waals surface area contributed by atoms with E-state index in [9.17, 15) is 4.79 Å². The molecule has 1 heterocycles. The molecule has 4 nitrogen and oxygen atoms in total. The molecule has 1 aliphatic rings. The van der Waals surface area contributed by atoms with E-state index in [1.807, 2.05) is 11.8 Å². The second-order valence-electron chi connectivity index (χ2n) is 4.33. The van der Waals surface area contributed by atoms with E-state index >= 15 is 0 Å². The van der Waals surface area contributed by atoms with E-state index in [4.69, 9.17) is 11.5 Å². The molecule has 0 saturated carbocycles. The molecule has 5 heteroatoms. The normalized spacial score (nSPS) is 19.2. The van der Waals surface area contributed by atoms with E-state index in [0.717, 1.165) is 12.3 Å². The monoisotopic (exact) mass is 251 g/mol. The minimum absolute atomic E-state index is 0.0964. The van der Waals surface area contributed by atoms with Gasteiger partial charge in [0.1, 0.15) is 0 Å². The van der Waals surface area contributed by atoms with E-state index in [-0.39, 0.29) is 5.91 Å². The third-order valence-corrected chi connectivity index (χ3v) is 4.05. The summed E-state index contributed by atoms with van der Waals surface area (Å²) in [4.78, 5) is 11.9. The largest absolute Gasteiger partial charge is 0.399 e. The molecule has 92 valence electrons. The summed E-state index contributed by atoms with van der Waals surface area (Å²) in [6, 6.07) is 4.94. The van der Waals surface area contributed by atoms with Crippen molar-refractivity contribution in [1.82, 2.24) is 5.32 Å². The molecule has 1 aromatic rings. The summed E-state index contributed by atoms with van der Waals surface area (Å²) < 4.78 is 0. The topological polar surface area (TPSA) is 81.1 Å². The predicted octanol–water partition coefficient (Wildman–Crippen LogP) is 1.33. The minimum Gasteiger partial charge on any atom is -0.399 e. The summed E-state index contributed by atoms with van der Waals surface area (Å²) in [6.07, 6.45) is 1.18. The van der Waals surface area contributed by atoms with Crippen LogP contribution in [0.4, 0.5) is 11.4 Å². The van der Waals surface area contributed by atoms with Crippen molar-refractivity contribution in [2.45, 2.75) is 6.42 Å². The number of rotatable bonds is 3. The summed E-state index contributed by atoms with van der Waals surface area (Å²) in [5, 5.41) is 2.93. The average molecular weight is 251 g/mol. The van der Waals surface area contributed by atoms with Crippen molar-refractivity contribution in [2.75, 3.05) is 29.5 Å². The van der Waals surface area contributed by atoms with E-state index < -0.39 is 0 Å². The fourth-order valence-corrected chi connectivity index (χ4v) is 3.18. The molecular formula is C12H17N3OS. The Kier molecular flexibility index (Phi) is 3.78. The van der Waals surface area contributed by atoms with Gasteiger partial charge in [0.05, 0.1) is 0 Å². The summed E-state index contributed by atoms with van der Waals surface area (Å²) in [5.41, 5.74) is 12.9. The number of nitrogens with two attached hydrogens (primary N) is 2. The van der Waals surface area contributed by atoms with Gasteiger partial charge in [0.2, 0.25) is 0 Å². The lowest BCUT2D eigenvalue weighted by molar-refractivity contribution is 0.0948. The highest BCUT2D eigenvalue weighted by Gasteiger charge is 2.16. The van der Waals surface area contributed by atoms with Gasteiger partial charge in [0, 0.05) is 23.5 Å². The van der Waals surface area contributed by atoms with Crippen molar-refractivity contribution in [2.24, 2.45) is 5.92 Å². The number of carbonyl (C=O) groups excluding carboxylic acids is 1. The zero-order valence-corrected chi connectivity index (χ0v) is 10.4. The number of nitrogens with one attached hydrogen (secondary N) is 1. The summed E-state index contributed by atoms with van der Waals surface area (Å²) in [7, 11) is 0. The van der Waals surface area contributed by atoms with Crippen LogP contribution in [0, 0.1) is 5.92 Å². The van der Waals surface area contributed by atoms with Crippen LogP contribution in [0.3, 0.4) is 0 Å². The van der Waals surface area contributed by atoms with Gasteiger partial charge in [-0.15, -0.1) is 0 Å². The number of nitrogen functional groups attached to an aromatic ring is 2. The number of carbonyl (C=O) groups is 1. The molecule has 5 N–H and O–H groups in total. The third-order valence-electron chi connectivity index (χ3n) is 2.82.